The number of fused-ring (bicyclic) bond motifs is 1. The highest BCUT2D eigenvalue weighted by Gasteiger charge is 2.33. The molecule has 0 bridgehead atoms. The van der Waals surface area contributed by atoms with E-state index < -0.39 is 0 Å². The molecule has 1 aliphatic rings. The largest absolute Gasteiger partial charge is 0.491 e. The first-order chi connectivity index (χ1) is 15.0. The summed E-state index contributed by atoms with van der Waals surface area (Å²) < 4.78 is 11.2. The van der Waals surface area contributed by atoms with E-state index in [-0.39, 0.29) is 30.6 Å². The second-order valence-electron chi connectivity index (χ2n) is 7.79. The van der Waals surface area contributed by atoms with Gasteiger partial charge in [-0.15, -0.1) is 11.3 Å². The maximum absolute atomic E-state index is 13.3. The molecule has 0 spiro atoms. The normalized spacial score (nSPS) is 15.5. The lowest BCUT2D eigenvalue weighted by Gasteiger charge is -2.37. The van der Waals surface area contributed by atoms with Gasteiger partial charge in [0.05, 0.1) is 12.6 Å². The number of hydrogen-bond donors (Lipinski definition) is 1. The lowest BCUT2D eigenvalue weighted by atomic mass is 10.0. The summed E-state index contributed by atoms with van der Waals surface area (Å²) in [5.41, 5.74) is 1.13. The van der Waals surface area contributed by atoms with Crippen LogP contribution in [0.25, 0.3) is 0 Å². The van der Waals surface area contributed by atoms with Crippen molar-refractivity contribution in [3.8, 4) is 5.75 Å². The number of hydrogen-bond acceptors (Lipinski definition) is 5. The molecule has 0 saturated heterocycles. The number of benzene rings is 1. The minimum atomic E-state index is -0.259. The van der Waals surface area contributed by atoms with Crippen molar-refractivity contribution in [3.05, 3.63) is 52.2 Å². The molecule has 2 heterocycles. The summed E-state index contributed by atoms with van der Waals surface area (Å²) in [6.07, 6.45) is 0.816. The molecule has 0 radical (unpaired) electrons. The van der Waals surface area contributed by atoms with Crippen LogP contribution in [0.4, 0.5) is 4.79 Å². The Bertz CT molecular complexity index is 856. The van der Waals surface area contributed by atoms with E-state index in [1.807, 2.05) is 49.1 Å². The summed E-state index contributed by atoms with van der Waals surface area (Å²) >= 11 is 1.72. The van der Waals surface area contributed by atoms with Crippen LogP contribution < -0.4 is 10.1 Å². The molecule has 0 fully saturated rings. The number of ether oxygens (including phenoxy) is 2. The zero-order chi connectivity index (χ0) is 22.2. The summed E-state index contributed by atoms with van der Waals surface area (Å²) in [5, 5.41) is 4.93. The number of rotatable bonds is 9. The molecule has 1 atom stereocenters. The molecule has 1 aliphatic heterocycles. The topological polar surface area (TPSA) is 71.1 Å². The van der Waals surface area contributed by atoms with E-state index in [9.17, 15) is 9.59 Å². The molecule has 3 rings (SSSR count). The van der Waals surface area contributed by atoms with Gasteiger partial charge in [0.15, 0.2) is 0 Å². The highest BCUT2D eigenvalue weighted by atomic mass is 32.1. The molecule has 2 aromatic rings. The zero-order valence-electron chi connectivity index (χ0n) is 18.4. The Morgan fingerprint density at radius 1 is 1.26 bits per heavy atom. The number of carbonyl (C=O) groups is 2. The van der Waals surface area contributed by atoms with Gasteiger partial charge in [0.1, 0.15) is 18.9 Å². The van der Waals surface area contributed by atoms with E-state index in [1.165, 1.54) is 9.78 Å². The highest BCUT2D eigenvalue weighted by Crippen LogP contribution is 2.34. The van der Waals surface area contributed by atoms with Gasteiger partial charge in [0, 0.05) is 31.1 Å². The first kappa shape index (κ1) is 23.1. The number of nitrogens with one attached hydrogen (secondary N) is 1. The second-order valence-corrected chi connectivity index (χ2v) is 8.80. The van der Waals surface area contributed by atoms with Gasteiger partial charge in [-0.25, -0.2) is 4.79 Å². The zero-order valence-corrected chi connectivity index (χ0v) is 19.2. The number of amides is 3. The molecule has 0 unspecified atom stereocenters. The number of nitrogens with zero attached hydrogens (tertiary/aromatic N) is 2. The fourth-order valence-corrected chi connectivity index (χ4v) is 4.54. The van der Waals surface area contributed by atoms with E-state index in [4.69, 9.17) is 9.47 Å². The van der Waals surface area contributed by atoms with E-state index in [2.05, 4.69) is 16.8 Å². The van der Waals surface area contributed by atoms with Gasteiger partial charge in [-0.3, -0.25) is 4.79 Å². The number of carbonyl (C=O) groups excluding carboxylic acids is 2. The van der Waals surface area contributed by atoms with Crippen LogP contribution in [-0.4, -0.2) is 67.7 Å². The van der Waals surface area contributed by atoms with Crippen molar-refractivity contribution >= 4 is 23.3 Å². The number of urea groups is 1. The van der Waals surface area contributed by atoms with E-state index in [0.29, 0.717) is 26.3 Å². The molecule has 0 aliphatic carbocycles. The summed E-state index contributed by atoms with van der Waals surface area (Å²) in [6, 6.07) is 11.2. The average molecular weight is 446 g/mol. The third-order valence-corrected chi connectivity index (χ3v) is 6.15. The quantitative estimate of drug-likeness (QED) is 0.643. The van der Waals surface area contributed by atoms with Crippen LogP contribution in [0, 0.1) is 0 Å². The lowest BCUT2D eigenvalue weighted by molar-refractivity contribution is -0.135. The average Bonchev–Trinajstić information content (AvgIpc) is 3.24. The molecule has 8 heteroatoms. The highest BCUT2D eigenvalue weighted by molar-refractivity contribution is 7.10. The first-order valence-corrected chi connectivity index (χ1v) is 11.5. The van der Waals surface area contributed by atoms with Crippen LogP contribution in [-0.2, 0) is 16.0 Å². The molecule has 1 aromatic heterocycles. The van der Waals surface area contributed by atoms with Gasteiger partial charge in [0.25, 0.3) is 0 Å². The smallest absolute Gasteiger partial charge is 0.318 e. The van der Waals surface area contributed by atoms with Gasteiger partial charge in [-0.05, 0) is 49.4 Å². The molecule has 168 valence electrons. The van der Waals surface area contributed by atoms with Crippen molar-refractivity contribution in [3.63, 3.8) is 0 Å². The minimum absolute atomic E-state index is 0.00320. The Morgan fingerprint density at radius 2 is 2.03 bits per heavy atom. The molecule has 1 N–H and O–H groups in total. The maximum Gasteiger partial charge on any atom is 0.318 e. The summed E-state index contributed by atoms with van der Waals surface area (Å²) in [4.78, 5) is 30.6. The molecule has 31 heavy (non-hydrogen) atoms. The third-order valence-electron chi connectivity index (χ3n) is 5.16. The molecule has 1 aromatic carbocycles. The molecule has 7 nitrogen and oxygen atoms in total. The van der Waals surface area contributed by atoms with Gasteiger partial charge in [-0.1, -0.05) is 18.2 Å². The number of para-hydroxylation sites is 1. The van der Waals surface area contributed by atoms with Crippen LogP contribution in [0.15, 0.2) is 41.8 Å². The van der Waals surface area contributed by atoms with Crippen molar-refractivity contribution in [1.29, 1.82) is 0 Å². The predicted molar refractivity (Wildman–Crippen MR) is 122 cm³/mol. The van der Waals surface area contributed by atoms with Gasteiger partial charge >= 0.3 is 6.03 Å². The third kappa shape index (κ3) is 6.21. The Morgan fingerprint density at radius 3 is 2.74 bits per heavy atom. The fraction of sp³-hybridized carbons (Fsp3) is 0.478. The molecule has 3 amide bonds. The second kappa shape index (κ2) is 11.2. The van der Waals surface area contributed by atoms with Crippen LogP contribution in [0.3, 0.4) is 0 Å². The molecular weight excluding hydrogens is 414 g/mol. The Hall–Kier alpha value is -2.58. The van der Waals surface area contributed by atoms with Crippen LogP contribution >= 0.6 is 11.3 Å². The van der Waals surface area contributed by atoms with Crippen LogP contribution in [0.2, 0.25) is 0 Å². The van der Waals surface area contributed by atoms with Gasteiger partial charge < -0.3 is 24.6 Å². The van der Waals surface area contributed by atoms with Crippen molar-refractivity contribution in [2.24, 2.45) is 0 Å². The molecule has 0 saturated carbocycles. The Balaban J connectivity index is 1.73. The van der Waals surface area contributed by atoms with Crippen molar-refractivity contribution in [2.45, 2.75) is 32.4 Å². The number of thiophene rings is 1. The van der Waals surface area contributed by atoms with Gasteiger partial charge in [0.2, 0.25) is 5.91 Å². The Kier molecular flexibility index (Phi) is 8.31. The molecular formula is C23H31N3O4S. The summed E-state index contributed by atoms with van der Waals surface area (Å²) in [7, 11) is 1.58. The van der Waals surface area contributed by atoms with Crippen molar-refractivity contribution in [2.75, 3.05) is 40.0 Å². The van der Waals surface area contributed by atoms with E-state index in [0.717, 1.165) is 17.7 Å². The number of methoxy groups -OCH3 is 1. The van der Waals surface area contributed by atoms with Crippen LogP contribution in [0.5, 0.6) is 5.75 Å². The maximum atomic E-state index is 13.3. The first-order valence-electron chi connectivity index (χ1n) is 10.6. The SMILES string of the molecule is COCCN(CC(=O)N1CCc2sccc2[C@@H]1COc1ccccc1)C(=O)NC(C)C. The predicted octanol–water partition coefficient (Wildman–Crippen LogP) is 3.32. The summed E-state index contributed by atoms with van der Waals surface area (Å²) in [5.74, 6) is 0.684. The van der Waals surface area contributed by atoms with Crippen LogP contribution in [0.1, 0.15) is 30.3 Å². The Labute approximate surface area is 187 Å². The standard InChI is InChI=1S/C23H31N3O4S/c1-17(2)24-23(28)25(12-13-29-3)15-22(27)26-11-9-21-19(10-14-31-21)20(26)16-30-18-7-5-4-6-8-18/h4-8,10,14,17,20H,9,11-13,15-16H2,1-3H3,(H,24,28)/t20-/m0/s1. The fourth-order valence-electron chi connectivity index (χ4n) is 3.61. The minimum Gasteiger partial charge on any atom is -0.491 e. The lowest BCUT2D eigenvalue weighted by Crippen LogP contribution is -2.51. The summed E-state index contributed by atoms with van der Waals surface area (Å²) in [6.45, 7) is 5.50. The van der Waals surface area contributed by atoms with E-state index in [1.54, 1.807) is 18.4 Å². The van der Waals surface area contributed by atoms with Gasteiger partial charge in [-0.2, -0.15) is 0 Å². The monoisotopic (exact) mass is 445 g/mol. The van der Waals surface area contributed by atoms with Crippen molar-refractivity contribution in [1.82, 2.24) is 15.1 Å². The van der Waals surface area contributed by atoms with E-state index >= 15 is 0 Å². The van der Waals surface area contributed by atoms with Crippen molar-refractivity contribution < 1.29 is 19.1 Å².